The molecule has 146 valence electrons. The second-order valence-electron chi connectivity index (χ2n) is 7.96. The van der Waals surface area contributed by atoms with Crippen LogP contribution in [0.2, 0.25) is 0 Å². The van der Waals surface area contributed by atoms with Gasteiger partial charge in [0, 0.05) is 58.7 Å². The Kier molecular flexibility index (Phi) is 6.19. The maximum absolute atomic E-state index is 5.58. The number of aliphatic imine (C=N–C) groups is 1. The number of likely N-dealkylation sites (N-methyl/N-ethyl adjacent to an activating group) is 1. The van der Waals surface area contributed by atoms with Crippen molar-refractivity contribution in [1.82, 2.24) is 24.9 Å². The van der Waals surface area contributed by atoms with E-state index in [9.17, 15) is 0 Å². The van der Waals surface area contributed by atoms with Crippen LogP contribution >= 0.6 is 0 Å². The first-order valence-corrected chi connectivity index (χ1v) is 9.71. The number of hydrogen-bond donors (Lipinski definition) is 1. The van der Waals surface area contributed by atoms with Crippen molar-refractivity contribution in [2.75, 3.05) is 54.0 Å². The Bertz CT molecular complexity index is 605. The number of ether oxygens (including phenoxy) is 1. The van der Waals surface area contributed by atoms with Gasteiger partial charge >= 0.3 is 0 Å². The molecule has 0 aromatic carbocycles. The van der Waals surface area contributed by atoms with E-state index in [0.29, 0.717) is 5.92 Å². The molecule has 7 nitrogen and oxygen atoms in total. The zero-order valence-electron chi connectivity index (χ0n) is 16.7. The second kappa shape index (κ2) is 8.39. The molecule has 0 amide bonds. The van der Waals surface area contributed by atoms with E-state index in [1.807, 2.05) is 25.0 Å². The van der Waals surface area contributed by atoms with Crippen LogP contribution in [-0.2, 0) is 18.2 Å². The van der Waals surface area contributed by atoms with Crippen LogP contribution in [0.25, 0.3) is 0 Å². The molecule has 3 heterocycles. The number of hydrogen-bond acceptors (Lipinski definition) is 4. The predicted molar refractivity (Wildman–Crippen MR) is 104 cm³/mol. The molecule has 0 bridgehead atoms. The summed E-state index contributed by atoms with van der Waals surface area (Å²) < 4.78 is 7.46. The molecule has 1 unspecified atom stereocenters. The minimum absolute atomic E-state index is 0.156. The van der Waals surface area contributed by atoms with Gasteiger partial charge < -0.3 is 19.9 Å². The fourth-order valence-electron chi connectivity index (χ4n) is 4.21. The Morgan fingerprint density at radius 1 is 1.42 bits per heavy atom. The van der Waals surface area contributed by atoms with Crippen LogP contribution in [0.4, 0.5) is 0 Å². The van der Waals surface area contributed by atoms with Crippen molar-refractivity contribution in [2.24, 2.45) is 18.0 Å². The number of nitrogens with one attached hydrogen (secondary N) is 1. The van der Waals surface area contributed by atoms with E-state index in [-0.39, 0.29) is 5.54 Å². The second-order valence-corrected chi connectivity index (χ2v) is 7.96. The molecule has 2 aliphatic heterocycles. The summed E-state index contributed by atoms with van der Waals surface area (Å²) in [6.07, 6.45) is 8.55. The minimum atomic E-state index is 0.156. The highest BCUT2D eigenvalue weighted by atomic mass is 16.5. The van der Waals surface area contributed by atoms with Crippen molar-refractivity contribution in [3.63, 3.8) is 0 Å². The summed E-state index contributed by atoms with van der Waals surface area (Å²) >= 11 is 0. The van der Waals surface area contributed by atoms with Crippen LogP contribution in [0, 0.1) is 5.92 Å². The Balaban J connectivity index is 1.54. The molecule has 0 saturated carbocycles. The minimum Gasteiger partial charge on any atom is -0.381 e. The highest BCUT2D eigenvalue weighted by molar-refractivity contribution is 5.80. The van der Waals surface area contributed by atoms with Gasteiger partial charge in [-0.3, -0.25) is 9.67 Å². The summed E-state index contributed by atoms with van der Waals surface area (Å²) in [6.45, 7) is 4.74. The molecule has 2 saturated heterocycles. The summed E-state index contributed by atoms with van der Waals surface area (Å²) in [5.41, 5.74) is 1.49. The van der Waals surface area contributed by atoms with Crippen LogP contribution in [0.15, 0.2) is 17.4 Å². The molecule has 2 fully saturated rings. The average Bonchev–Trinajstić information content (AvgIpc) is 3.26. The lowest BCUT2D eigenvalue weighted by Crippen LogP contribution is -2.57. The lowest BCUT2D eigenvalue weighted by molar-refractivity contribution is -0.00522. The van der Waals surface area contributed by atoms with Gasteiger partial charge in [0.1, 0.15) is 0 Å². The Morgan fingerprint density at radius 2 is 2.19 bits per heavy atom. The fourth-order valence-corrected chi connectivity index (χ4v) is 4.21. The van der Waals surface area contributed by atoms with Gasteiger partial charge in [-0.25, -0.2) is 0 Å². The van der Waals surface area contributed by atoms with E-state index in [0.717, 1.165) is 58.1 Å². The van der Waals surface area contributed by atoms with E-state index in [1.165, 1.54) is 12.0 Å². The van der Waals surface area contributed by atoms with Gasteiger partial charge in [0.2, 0.25) is 0 Å². The van der Waals surface area contributed by atoms with Crippen LogP contribution in [0.1, 0.15) is 24.8 Å². The Labute approximate surface area is 157 Å². The van der Waals surface area contributed by atoms with Crippen LogP contribution in [0.3, 0.4) is 0 Å². The van der Waals surface area contributed by atoms with Gasteiger partial charge in [0.25, 0.3) is 0 Å². The van der Waals surface area contributed by atoms with Gasteiger partial charge in [0.05, 0.1) is 6.20 Å². The topological polar surface area (TPSA) is 57.9 Å². The van der Waals surface area contributed by atoms with Crippen LogP contribution < -0.4 is 5.32 Å². The van der Waals surface area contributed by atoms with Crippen LogP contribution in [-0.4, -0.2) is 85.1 Å². The van der Waals surface area contributed by atoms with Gasteiger partial charge in [0.15, 0.2) is 5.96 Å². The molecular formula is C19H34N6O. The quantitative estimate of drug-likeness (QED) is 0.625. The third-order valence-corrected chi connectivity index (χ3v) is 6.03. The van der Waals surface area contributed by atoms with Crippen molar-refractivity contribution in [1.29, 1.82) is 0 Å². The number of likely N-dealkylation sites (tertiary alicyclic amines) is 1. The smallest absolute Gasteiger partial charge is 0.193 e. The number of nitrogens with zero attached hydrogens (tertiary/aromatic N) is 5. The maximum Gasteiger partial charge on any atom is 0.193 e. The van der Waals surface area contributed by atoms with E-state index in [1.54, 1.807) is 0 Å². The molecule has 1 aromatic rings. The van der Waals surface area contributed by atoms with Gasteiger partial charge in [-0.15, -0.1) is 0 Å². The molecule has 3 rings (SSSR count). The van der Waals surface area contributed by atoms with Crippen molar-refractivity contribution >= 4 is 5.96 Å². The first kappa shape index (κ1) is 19.2. The highest BCUT2D eigenvalue weighted by Gasteiger charge is 2.35. The van der Waals surface area contributed by atoms with E-state index >= 15 is 0 Å². The molecule has 1 aromatic heterocycles. The zero-order valence-corrected chi connectivity index (χ0v) is 16.7. The first-order chi connectivity index (χ1) is 12.5. The number of guanidine groups is 1. The summed E-state index contributed by atoms with van der Waals surface area (Å²) in [7, 11) is 8.22. The zero-order chi connectivity index (χ0) is 18.6. The highest BCUT2D eigenvalue weighted by Crippen LogP contribution is 2.26. The monoisotopic (exact) mass is 362 g/mol. The van der Waals surface area contributed by atoms with E-state index in [4.69, 9.17) is 4.74 Å². The van der Waals surface area contributed by atoms with Crippen molar-refractivity contribution < 1.29 is 4.74 Å². The van der Waals surface area contributed by atoms with Crippen LogP contribution in [0.5, 0.6) is 0 Å². The number of rotatable bonds is 5. The van der Waals surface area contributed by atoms with Gasteiger partial charge in [-0.2, -0.15) is 5.10 Å². The lowest BCUT2D eigenvalue weighted by Gasteiger charge is -2.43. The normalized spacial score (nSPS) is 23.7. The standard InChI is InChI=1S/C19H34N6O/c1-20-18(21-15-19(23(2)3)6-9-26-10-7-19)25-8-5-16(14-25)11-17-12-22-24(4)13-17/h12-13,16H,5-11,14-15H2,1-4H3,(H,20,21). The van der Waals surface area contributed by atoms with Gasteiger partial charge in [-0.05, 0) is 51.3 Å². The Morgan fingerprint density at radius 3 is 2.81 bits per heavy atom. The molecule has 0 spiro atoms. The molecule has 1 atom stereocenters. The van der Waals surface area contributed by atoms with Gasteiger partial charge in [-0.1, -0.05) is 0 Å². The summed E-state index contributed by atoms with van der Waals surface area (Å²) in [5.74, 6) is 1.70. The van der Waals surface area contributed by atoms with E-state index in [2.05, 4.69) is 45.5 Å². The SMILES string of the molecule is CN=C(NCC1(N(C)C)CCOCC1)N1CCC(Cc2cnn(C)c2)C1. The summed E-state index contributed by atoms with van der Waals surface area (Å²) in [4.78, 5) is 9.31. The molecule has 26 heavy (non-hydrogen) atoms. The molecule has 1 N–H and O–H groups in total. The van der Waals surface area contributed by atoms with E-state index < -0.39 is 0 Å². The summed E-state index contributed by atoms with van der Waals surface area (Å²) in [6, 6.07) is 0. The average molecular weight is 363 g/mol. The third kappa shape index (κ3) is 4.38. The largest absolute Gasteiger partial charge is 0.381 e. The third-order valence-electron chi connectivity index (χ3n) is 6.03. The first-order valence-electron chi connectivity index (χ1n) is 9.71. The maximum atomic E-state index is 5.58. The number of aromatic nitrogens is 2. The van der Waals surface area contributed by atoms with Crippen molar-refractivity contribution in [2.45, 2.75) is 31.2 Å². The Hall–Kier alpha value is -1.60. The molecule has 0 aliphatic carbocycles. The predicted octanol–water partition coefficient (Wildman–Crippen LogP) is 0.971. The molecule has 0 radical (unpaired) electrons. The molecular weight excluding hydrogens is 328 g/mol. The fraction of sp³-hybridized carbons (Fsp3) is 0.789. The summed E-state index contributed by atoms with van der Waals surface area (Å²) in [5, 5.41) is 7.94. The van der Waals surface area contributed by atoms with Crippen molar-refractivity contribution in [3.8, 4) is 0 Å². The molecule has 2 aliphatic rings. The lowest BCUT2D eigenvalue weighted by atomic mass is 9.88. The molecule has 7 heteroatoms. The number of aryl methyl sites for hydroxylation is 1. The van der Waals surface area contributed by atoms with Crippen molar-refractivity contribution in [3.05, 3.63) is 18.0 Å².